The van der Waals surface area contributed by atoms with E-state index in [-0.39, 0.29) is 5.91 Å². The molecule has 0 fully saturated rings. The minimum atomic E-state index is -0.259. The monoisotopic (exact) mass is 404 g/mol. The number of para-hydroxylation sites is 2. The van der Waals surface area contributed by atoms with Gasteiger partial charge in [0, 0.05) is 5.56 Å². The van der Waals surface area contributed by atoms with Crippen molar-refractivity contribution < 1.29 is 14.3 Å². The van der Waals surface area contributed by atoms with Crippen molar-refractivity contribution in [3.8, 4) is 22.1 Å². The molecule has 0 aliphatic rings. The summed E-state index contributed by atoms with van der Waals surface area (Å²) in [5, 5.41) is 3.84. The molecule has 1 N–H and O–H groups in total. The van der Waals surface area contributed by atoms with Crippen LogP contribution in [0.3, 0.4) is 0 Å². The van der Waals surface area contributed by atoms with Crippen LogP contribution in [0.15, 0.2) is 60.7 Å². The molecule has 0 spiro atoms. The number of hydrogen-bond acceptors (Lipinski definition) is 5. The van der Waals surface area contributed by atoms with Gasteiger partial charge in [0.1, 0.15) is 16.5 Å². The first-order valence-electron chi connectivity index (χ1n) is 9.09. The number of thiazole rings is 1. The Labute approximate surface area is 172 Å². The van der Waals surface area contributed by atoms with E-state index < -0.39 is 0 Å². The molecule has 0 aliphatic carbocycles. The summed E-state index contributed by atoms with van der Waals surface area (Å²) in [4.78, 5) is 17.6. The molecular formula is C23H20N2O3S. The van der Waals surface area contributed by atoms with Gasteiger partial charge in [0.05, 0.1) is 35.7 Å². The highest BCUT2D eigenvalue weighted by Gasteiger charge is 2.17. The molecule has 4 aromatic rings. The molecule has 29 heavy (non-hydrogen) atoms. The fourth-order valence-corrected chi connectivity index (χ4v) is 4.19. The van der Waals surface area contributed by atoms with Crippen LogP contribution in [0.2, 0.25) is 0 Å². The topological polar surface area (TPSA) is 60.5 Å². The summed E-state index contributed by atoms with van der Waals surface area (Å²) >= 11 is 1.61. The summed E-state index contributed by atoms with van der Waals surface area (Å²) in [6, 6.07) is 19.2. The quantitative estimate of drug-likeness (QED) is 0.474. The van der Waals surface area contributed by atoms with Crippen molar-refractivity contribution in [1.82, 2.24) is 4.98 Å². The molecule has 0 radical (unpaired) electrons. The van der Waals surface area contributed by atoms with Crippen LogP contribution >= 0.6 is 11.3 Å². The number of ether oxygens (including phenoxy) is 2. The van der Waals surface area contributed by atoms with Crippen LogP contribution in [0.4, 0.5) is 5.69 Å². The van der Waals surface area contributed by atoms with Crippen molar-refractivity contribution >= 4 is 33.1 Å². The maximum Gasteiger partial charge on any atom is 0.259 e. The number of benzene rings is 3. The molecule has 0 aliphatic heterocycles. The molecule has 0 atom stereocenters. The van der Waals surface area contributed by atoms with Crippen LogP contribution in [0.5, 0.6) is 11.5 Å². The Kier molecular flexibility index (Phi) is 5.18. The lowest BCUT2D eigenvalue weighted by atomic mass is 10.1. The number of nitrogens with zero attached hydrogens (tertiary/aromatic N) is 1. The van der Waals surface area contributed by atoms with Gasteiger partial charge in [-0.15, -0.1) is 11.3 Å². The fraction of sp³-hybridized carbons (Fsp3) is 0.130. The number of carbonyl (C=O) groups is 1. The van der Waals surface area contributed by atoms with Gasteiger partial charge in [-0.25, -0.2) is 4.98 Å². The van der Waals surface area contributed by atoms with Crippen LogP contribution in [0, 0.1) is 6.92 Å². The molecule has 5 nitrogen and oxygen atoms in total. The highest BCUT2D eigenvalue weighted by atomic mass is 32.1. The number of aryl methyl sites for hydroxylation is 1. The molecule has 0 unspecified atom stereocenters. The minimum absolute atomic E-state index is 0.259. The lowest BCUT2D eigenvalue weighted by Crippen LogP contribution is -2.14. The molecule has 146 valence electrons. The van der Waals surface area contributed by atoms with Crippen molar-refractivity contribution in [2.45, 2.75) is 6.92 Å². The fourth-order valence-electron chi connectivity index (χ4n) is 3.23. The summed E-state index contributed by atoms with van der Waals surface area (Å²) in [5.74, 6) is 0.881. The zero-order valence-corrected chi connectivity index (χ0v) is 17.2. The van der Waals surface area contributed by atoms with Gasteiger partial charge < -0.3 is 14.8 Å². The highest BCUT2D eigenvalue weighted by Crippen LogP contribution is 2.35. The number of amides is 1. The Morgan fingerprint density at radius 2 is 1.83 bits per heavy atom. The molecule has 1 heterocycles. The van der Waals surface area contributed by atoms with Crippen LogP contribution < -0.4 is 14.8 Å². The normalized spacial score (nSPS) is 10.7. The third-order valence-electron chi connectivity index (χ3n) is 4.65. The van der Waals surface area contributed by atoms with Gasteiger partial charge >= 0.3 is 0 Å². The first-order chi connectivity index (χ1) is 14.1. The second-order valence-electron chi connectivity index (χ2n) is 6.51. The van der Waals surface area contributed by atoms with E-state index >= 15 is 0 Å². The van der Waals surface area contributed by atoms with E-state index in [9.17, 15) is 4.79 Å². The zero-order valence-electron chi connectivity index (χ0n) is 16.4. The van der Waals surface area contributed by atoms with E-state index in [1.54, 1.807) is 31.6 Å². The zero-order chi connectivity index (χ0) is 20.4. The summed E-state index contributed by atoms with van der Waals surface area (Å²) in [6.07, 6.45) is 0. The van der Waals surface area contributed by atoms with Gasteiger partial charge in [0.15, 0.2) is 0 Å². The molecule has 1 amide bonds. The van der Waals surface area contributed by atoms with Gasteiger partial charge in [-0.05, 0) is 48.9 Å². The first-order valence-corrected chi connectivity index (χ1v) is 9.91. The van der Waals surface area contributed by atoms with Gasteiger partial charge in [0.2, 0.25) is 0 Å². The van der Waals surface area contributed by atoms with Crippen molar-refractivity contribution in [2.75, 3.05) is 19.5 Å². The van der Waals surface area contributed by atoms with E-state index in [0.717, 1.165) is 26.4 Å². The SMILES string of the molecule is COc1ccc(-c2nc3ccccc3s2)cc1NC(=O)c1cccc(C)c1OC. The molecule has 0 bridgehead atoms. The van der Waals surface area contributed by atoms with E-state index in [4.69, 9.17) is 14.5 Å². The summed E-state index contributed by atoms with van der Waals surface area (Å²) in [5.41, 5.74) is 3.82. The second kappa shape index (κ2) is 7.93. The number of anilines is 1. The highest BCUT2D eigenvalue weighted by molar-refractivity contribution is 7.21. The van der Waals surface area contributed by atoms with Gasteiger partial charge in [-0.3, -0.25) is 4.79 Å². The number of nitrogens with one attached hydrogen (secondary N) is 1. The van der Waals surface area contributed by atoms with Crippen LogP contribution in [-0.2, 0) is 0 Å². The second-order valence-corrected chi connectivity index (χ2v) is 7.54. The van der Waals surface area contributed by atoms with Crippen molar-refractivity contribution in [1.29, 1.82) is 0 Å². The average molecular weight is 404 g/mol. The minimum Gasteiger partial charge on any atom is -0.496 e. The molecule has 3 aromatic carbocycles. The lowest BCUT2D eigenvalue weighted by molar-refractivity contribution is 0.102. The molecule has 1 aromatic heterocycles. The van der Waals surface area contributed by atoms with Crippen molar-refractivity contribution in [3.05, 3.63) is 71.8 Å². The standard InChI is InChI=1S/C23H20N2O3S/c1-14-7-6-8-16(21(14)28-3)22(26)24-18-13-15(11-12-19(18)27-2)23-25-17-9-4-5-10-20(17)29-23/h4-13H,1-3H3,(H,24,26). The number of carbonyl (C=O) groups excluding carboxylic acids is 1. The lowest BCUT2D eigenvalue weighted by Gasteiger charge is -2.14. The van der Waals surface area contributed by atoms with Crippen LogP contribution in [0.1, 0.15) is 15.9 Å². The third kappa shape index (κ3) is 3.67. The first kappa shape index (κ1) is 19.0. The third-order valence-corrected chi connectivity index (χ3v) is 5.73. The van der Waals surface area contributed by atoms with E-state index in [0.29, 0.717) is 22.7 Å². The Hall–Kier alpha value is -3.38. The predicted octanol–water partition coefficient (Wildman–Crippen LogP) is 5.54. The van der Waals surface area contributed by atoms with Crippen molar-refractivity contribution in [3.63, 3.8) is 0 Å². The Morgan fingerprint density at radius 3 is 2.59 bits per heavy atom. The Morgan fingerprint density at radius 1 is 1.00 bits per heavy atom. The smallest absolute Gasteiger partial charge is 0.259 e. The Balaban J connectivity index is 1.71. The van der Waals surface area contributed by atoms with Crippen LogP contribution in [-0.4, -0.2) is 25.1 Å². The molecule has 0 saturated carbocycles. The summed E-state index contributed by atoms with van der Waals surface area (Å²) < 4.78 is 12.0. The molecular weight excluding hydrogens is 384 g/mol. The molecule has 6 heteroatoms. The van der Waals surface area contributed by atoms with Gasteiger partial charge in [-0.1, -0.05) is 24.3 Å². The molecule has 4 rings (SSSR count). The summed E-state index contributed by atoms with van der Waals surface area (Å²) in [6.45, 7) is 1.91. The number of rotatable bonds is 5. The van der Waals surface area contributed by atoms with Crippen molar-refractivity contribution in [2.24, 2.45) is 0 Å². The number of methoxy groups -OCH3 is 2. The maximum absolute atomic E-state index is 12.9. The predicted molar refractivity (Wildman–Crippen MR) is 117 cm³/mol. The van der Waals surface area contributed by atoms with E-state index in [1.165, 1.54) is 0 Å². The van der Waals surface area contributed by atoms with E-state index in [2.05, 4.69) is 5.32 Å². The number of hydrogen-bond donors (Lipinski definition) is 1. The van der Waals surface area contributed by atoms with Gasteiger partial charge in [-0.2, -0.15) is 0 Å². The molecule has 0 saturated heterocycles. The maximum atomic E-state index is 12.9. The largest absolute Gasteiger partial charge is 0.496 e. The Bertz CT molecular complexity index is 1170. The number of fused-ring (bicyclic) bond motifs is 1. The average Bonchev–Trinajstić information content (AvgIpc) is 3.17. The summed E-state index contributed by atoms with van der Waals surface area (Å²) in [7, 11) is 3.14. The van der Waals surface area contributed by atoms with Gasteiger partial charge in [0.25, 0.3) is 5.91 Å². The van der Waals surface area contributed by atoms with E-state index in [1.807, 2.05) is 61.5 Å². The number of aromatic nitrogens is 1. The van der Waals surface area contributed by atoms with Crippen LogP contribution in [0.25, 0.3) is 20.8 Å².